The number of carboxylic acid groups (broad SMARTS) is 1. The highest BCUT2D eigenvalue weighted by atomic mass is 16.4. The summed E-state index contributed by atoms with van der Waals surface area (Å²) in [6, 6.07) is -0.460. The van der Waals surface area contributed by atoms with Crippen molar-refractivity contribution < 1.29 is 14.7 Å². The highest BCUT2D eigenvalue weighted by Gasteiger charge is 2.45. The number of aliphatic carboxylic acids is 1. The van der Waals surface area contributed by atoms with Gasteiger partial charge >= 0.3 is 12.0 Å². The molecule has 0 bridgehead atoms. The van der Waals surface area contributed by atoms with Gasteiger partial charge in [0.25, 0.3) is 0 Å². The van der Waals surface area contributed by atoms with E-state index in [1.165, 1.54) is 0 Å². The maximum atomic E-state index is 11.6. The fourth-order valence-electron chi connectivity index (χ4n) is 1.97. The second kappa shape index (κ2) is 5.25. The number of carbonyl (C=O) groups excluding carboxylic acids is 1. The van der Waals surface area contributed by atoms with Crippen molar-refractivity contribution in [2.24, 2.45) is 7.05 Å². The molecule has 0 spiro atoms. The first kappa shape index (κ1) is 13.3. The molecule has 1 saturated carbocycles. The highest BCUT2D eigenvalue weighted by Crippen LogP contribution is 2.31. The lowest BCUT2D eigenvalue weighted by molar-refractivity contribution is -0.148. The largest absolute Gasteiger partial charge is 0.480 e. The zero-order valence-corrected chi connectivity index (χ0v) is 10.7. The Morgan fingerprint density at radius 2 is 2.26 bits per heavy atom. The van der Waals surface area contributed by atoms with Crippen molar-refractivity contribution >= 4 is 12.0 Å². The van der Waals surface area contributed by atoms with Crippen LogP contribution in [0.25, 0.3) is 0 Å². The van der Waals surface area contributed by atoms with Crippen LogP contribution in [0.3, 0.4) is 0 Å². The normalized spacial score (nSPS) is 16.5. The number of hydrogen-bond donors (Lipinski definition) is 3. The molecule has 1 fully saturated rings. The topological polar surface area (TPSA) is 109 Å². The second-order valence-electron chi connectivity index (χ2n) is 4.71. The zero-order valence-electron chi connectivity index (χ0n) is 10.7. The van der Waals surface area contributed by atoms with Gasteiger partial charge in [0.1, 0.15) is 11.9 Å². The van der Waals surface area contributed by atoms with Crippen molar-refractivity contribution in [2.75, 3.05) is 6.54 Å². The van der Waals surface area contributed by atoms with E-state index in [0.717, 1.165) is 6.42 Å². The fourth-order valence-corrected chi connectivity index (χ4v) is 1.97. The number of carboxylic acids is 1. The van der Waals surface area contributed by atoms with Gasteiger partial charge in [-0.05, 0) is 19.3 Å². The van der Waals surface area contributed by atoms with Crippen LogP contribution in [-0.2, 0) is 18.3 Å². The second-order valence-corrected chi connectivity index (χ2v) is 4.71. The standard InChI is InChI=1S/C11H17N5O3/c1-16-7-13-8(15-16)3-6-12-10(19)14-11(9(17)18)4-2-5-11/h7H,2-6H2,1H3,(H,17,18)(H2,12,14,19). The predicted octanol–water partition coefficient (Wildman–Crippen LogP) is -0.336. The monoisotopic (exact) mass is 267 g/mol. The molecule has 19 heavy (non-hydrogen) atoms. The molecule has 8 heteroatoms. The fraction of sp³-hybridized carbons (Fsp3) is 0.636. The van der Waals surface area contributed by atoms with Gasteiger partial charge in [0.15, 0.2) is 5.82 Å². The van der Waals surface area contributed by atoms with Gasteiger partial charge in [-0.15, -0.1) is 0 Å². The number of amides is 2. The van der Waals surface area contributed by atoms with Gasteiger partial charge in [0.05, 0.1) is 0 Å². The van der Waals surface area contributed by atoms with Crippen LogP contribution in [0.15, 0.2) is 6.33 Å². The van der Waals surface area contributed by atoms with Gasteiger partial charge in [-0.25, -0.2) is 14.6 Å². The predicted molar refractivity (Wildman–Crippen MR) is 65.5 cm³/mol. The molecule has 0 radical (unpaired) electrons. The van der Waals surface area contributed by atoms with Crippen LogP contribution in [0, 0.1) is 0 Å². The molecule has 2 amide bonds. The van der Waals surface area contributed by atoms with Crippen LogP contribution in [0.2, 0.25) is 0 Å². The first-order valence-electron chi connectivity index (χ1n) is 6.16. The van der Waals surface area contributed by atoms with Gasteiger partial charge < -0.3 is 15.7 Å². The lowest BCUT2D eigenvalue weighted by Gasteiger charge is -2.38. The molecule has 3 N–H and O–H groups in total. The van der Waals surface area contributed by atoms with E-state index in [2.05, 4.69) is 20.7 Å². The van der Waals surface area contributed by atoms with E-state index in [1.807, 2.05) is 0 Å². The number of nitrogens with one attached hydrogen (secondary N) is 2. The zero-order chi connectivity index (χ0) is 13.9. The van der Waals surface area contributed by atoms with Gasteiger partial charge in [0.2, 0.25) is 0 Å². The van der Waals surface area contributed by atoms with E-state index in [9.17, 15) is 9.59 Å². The minimum absolute atomic E-state index is 0.367. The summed E-state index contributed by atoms with van der Waals surface area (Å²) in [6.45, 7) is 0.367. The van der Waals surface area contributed by atoms with Crippen molar-refractivity contribution in [3.63, 3.8) is 0 Å². The van der Waals surface area contributed by atoms with Crippen LogP contribution in [-0.4, -0.2) is 44.0 Å². The summed E-state index contributed by atoms with van der Waals surface area (Å²) >= 11 is 0. The van der Waals surface area contributed by atoms with Crippen LogP contribution in [0.5, 0.6) is 0 Å². The molecule has 0 unspecified atom stereocenters. The lowest BCUT2D eigenvalue weighted by atomic mass is 9.77. The first-order chi connectivity index (χ1) is 9.02. The third-order valence-corrected chi connectivity index (χ3v) is 3.25. The Kier molecular flexibility index (Phi) is 3.68. The van der Waals surface area contributed by atoms with Gasteiger partial charge in [-0.3, -0.25) is 4.68 Å². The molecule has 8 nitrogen and oxygen atoms in total. The molecule has 0 atom stereocenters. The third kappa shape index (κ3) is 3.01. The lowest BCUT2D eigenvalue weighted by Crippen LogP contribution is -2.61. The Balaban J connectivity index is 1.74. The summed E-state index contributed by atoms with van der Waals surface area (Å²) < 4.78 is 1.59. The van der Waals surface area contributed by atoms with Crippen LogP contribution < -0.4 is 10.6 Å². The van der Waals surface area contributed by atoms with E-state index in [4.69, 9.17) is 5.11 Å². The smallest absolute Gasteiger partial charge is 0.329 e. The molecule has 2 rings (SSSR count). The van der Waals surface area contributed by atoms with Gasteiger partial charge in [-0.2, -0.15) is 5.10 Å². The summed E-state index contributed by atoms with van der Waals surface area (Å²) in [5.41, 5.74) is -1.08. The van der Waals surface area contributed by atoms with E-state index in [1.54, 1.807) is 18.1 Å². The minimum atomic E-state index is -1.08. The van der Waals surface area contributed by atoms with Gasteiger partial charge in [-0.1, -0.05) is 0 Å². The minimum Gasteiger partial charge on any atom is -0.480 e. The maximum absolute atomic E-state index is 11.6. The Morgan fingerprint density at radius 1 is 1.53 bits per heavy atom. The maximum Gasteiger partial charge on any atom is 0.329 e. The Morgan fingerprint density at radius 3 is 2.74 bits per heavy atom. The SMILES string of the molecule is Cn1cnc(CCNC(=O)NC2(C(=O)O)CCC2)n1. The molecule has 1 aromatic heterocycles. The molecule has 1 aliphatic carbocycles. The molecule has 0 aromatic carbocycles. The number of urea groups is 1. The summed E-state index contributed by atoms with van der Waals surface area (Å²) in [5, 5.41) is 18.3. The van der Waals surface area contributed by atoms with Crippen molar-refractivity contribution in [3.05, 3.63) is 12.2 Å². The van der Waals surface area contributed by atoms with Crippen LogP contribution in [0.1, 0.15) is 25.1 Å². The van der Waals surface area contributed by atoms with Crippen molar-refractivity contribution in [1.82, 2.24) is 25.4 Å². The number of nitrogens with zero attached hydrogens (tertiary/aromatic N) is 3. The molecule has 0 aliphatic heterocycles. The number of aryl methyl sites for hydroxylation is 1. The molecular weight excluding hydrogens is 250 g/mol. The van der Waals surface area contributed by atoms with E-state index in [-0.39, 0.29) is 0 Å². The molecule has 1 aliphatic rings. The summed E-state index contributed by atoms with van der Waals surface area (Å²) in [7, 11) is 1.77. The Hall–Kier alpha value is -2.12. The number of hydrogen-bond acceptors (Lipinski definition) is 4. The van der Waals surface area contributed by atoms with Crippen molar-refractivity contribution in [2.45, 2.75) is 31.2 Å². The summed E-state index contributed by atoms with van der Waals surface area (Å²) in [5.74, 6) is -0.334. The third-order valence-electron chi connectivity index (χ3n) is 3.25. The quantitative estimate of drug-likeness (QED) is 0.676. The van der Waals surface area contributed by atoms with Crippen LogP contribution >= 0.6 is 0 Å². The summed E-state index contributed by atoms with van der Waals surface area (Å²) in [4.78, 5) is 26.7. The average molecular weight is 267 g/mol. The molecule has 1 heterocycles. The molecule has 104 valence electrons. The van der Waals surface area contributed by atoms with E-state index >= 15 is 0 Å². The molecule has 1 aromatic rings. The number of aromatic nitrogens is 3. The Bertz CT molecular complexity index is 480. The van der Waals surface area contributed by atoms with E-state index in [0.29, 0.717) is 31.6 Å². The van der Waals surface area contributed by atoms with Crippen molar-refractivity contribution in [3.8, 4) is 0 Å². The van der Waals surface area contributed by atoms with Crippen molar-refractivity contribution in [1.29, 1.82) is 0 Å². The van der Waals surface area contributed by atoms with Gasteiger partial charge in [0, 0.05) is 20.0 Å². The number of rotatable bonds is 5. The van der Waals surface area contributed by atoms with Crippen LogP contribution in [0.4, 0.5) is 4.79 Å². The molecule has 0 saturated heterocycles. The average Bonchev–Trinajstić information content (AvgIpc) is 2.69. The number of carbonyl (C=O) groups is 2. The van der Waals surface area contributed by atoms with E-state index < -0.39 is 17.5 Å². The summed E-state index contributed by atoms with van der Waals surface area (Å²) in [6.07, 6.45) is 3.89. The molecular formula is C11H17N5O3. The Labute approximate surface area is 110 Å². The highest BCUT2D eigenvalue weighted by molar-refractivity contribution is 5.87. The first-order valence-corrected chi connectivity index (χ1v) is 6.16.